The van der Waals surface area contributed by atoms with Crippen LogP contribution in [0.5, 0.6) is 0 Å². The van der Waals surface area contributed by atoms with Gasteiger partial charge in [0.2, 0.25) is 0 Å². The van der Waals surface area contributed by atoms with Gasteiger partial charge < -0.3 is 14.2 Å². The highest BCUT2D eigenvalue weighted by Gasteiger charge is 2.17. The summed E-state index contributed by atoms with van der Waals surface area (Å²) < 4.78 is 17.3. The Bertz CT molecular complexity index is 1270. The van der Waals surface area contributed by atoms with Crippen LogP contribution in [0, 0.1) is 0 Å². The summed E-state index contributed by atoms with van der Waals surface area (Å²) >= 11 is 0. The summed E-state index contributed by atoms with van der Waals surface area (Å²) in [6.45, 7) is 7.57. The Hall–Kier alpha value is -3.18. The fourth-order valence-corrected chi connectivity index (χ4v) is 7.49. The van der Waals surface area contributed by atoms with E-state index >= 15 is 0 Å². The maximum atomic E-state index is 12.8. The molecule has 0 spiro atoms. The molecule has 5 nitrogen and oxygen atoms in total. The molecule has 1 unspecified atom stereocenters. The molecule has 5 heteroatoms. The highest BCUT2D eigenvalue weighted by atomic mass is 16.6. The van der Waals surface area contributed by atoms with E-state index in [1.54, 1.807) is 0 Å². The summed E-state index contributed by atoms with van der Waals surface area (Å²) in [6, 6.07) is 0. The topological polar surface area (TPSA) is 61.8 Å². The van der Waals surface area contributed by atoms with Crippen LogP contribution in [0.1, 0.15) is 252 Å². The van der Waals surface area contributed by atoms with E-state index in [9.17, 15) is 9.59 Å². The van der Waals surface area contributed by atoms with Gasteiger partial charge in [-0.3, -0.25) is 9.59 Å². The molecule has 0 saturated heterocycles. The van der Waals surface area contributed by atoms with Gasteiger partial charge in [0.25, 0.3) is 0 Å². The van der Waals surface area contributed by atoms with Crippen LogP contribution >= 0.6 is 0 Å². The molecule has 0 rings (SSSR count). The number of carbonyl (C=O) groups excluding carboxylic acids is 2. The van der Waals surface area contributed by atoms with Crippen LogP contribution in [0.15, 0.2) is 97.2 Å². The Morgan fingerprint density at radius 2 is 0.727 bits per heavy atom. The van der Waals surface area contributed by atoms with Gasteiger partial charge in [-0.2, -0.15) is 0 Å². The van der Waals surface area contributed by atoms with E-state index in [1.165, 1.54) is 148 Å². The van der Waals surface area contributed by atoms with Crippen LogP contribution in [0.4, 0.5) is 0 Å². The minimum Gasteiger partial charge on any atom is -0.462 e. The summed E-state index contributed by atoms with van der Waals surface area (Å²) in [5.74, 6) is -0.550. The summed E-state index contributed by atoms with van der Waals surface area (Å²) in [4.78, 5) is 25.4. The fraction of sp³-hybridized carbons (Fsp3) is 0.705. The zero-order valence-electron chi connectivity index (χ0n) is 43.4. The molecule has 0 bridgehead atoms. The first-order chi connectivity index (χ1) is 32.6. The number of carbonyl (C=O) groups is 2. The Morgan fingerprint density at radius 3 is 1.21 bits per heavy atom. The van der Waals surface area contributed by atoms with Crippen molar-refractivity contribution in [2.75, 3.05) is 19.8 Å². The first kappa shape index (κ1) is 62.8. The molecule has 0 saturated carbocycles. The third-order valence-corrected chi connectivity index (χ3v) is 11.6. The summed E-state index contributed by atoms with van der Waals surface area (Å²) in [5.41, 5.74) is 0. The summed E-state index contributed by atoms with van der Waals surface area (Å²) in [5, 5.41) is 0. The minimum absolute atomic E-state index is 0.0373. The van der Waals surface area contributed by atoms with E-state index in [1.807, 2.05) is 12.2 Å². The number of unbranched alkanes of at least 4 members (excludes halogenated alkanes) is 24. The van der Waals surface area contributed by atoms with Gasteiger partial charge in [-0.25, -0.2) is 0 Å². The van der Waals surface area contributed by atoms with E-state index in [0.29, 0.717) is 13.0 Å². The number of hydrogen-bond acceptors (Lipinski definition) is 5. The summed E-state index contributed by atoms with van der Waals surface area (Å²) in [7, 11) is 0. The van der Waals surface area contributed by atoms with Crippen LogP contribution in [0.25, 0.3) is 0 Å². The number of hydrogen-bond donors (Lipinski definition) is 0. The van der Waals surface area contributed by atoms with Gasteiger partial charge >= 0.3 is 11.9 Å². The molecule has 0 N–H and O–H groups in total. The predicted octanol–water partition coefficient (Wildman–Crippen LogP) is 19.0. The van der Waals surface area contributed by atoms with Crippen molar-refractivity contribution in [3.8, 4) is 0 Å². The van der Waals surface area contributed by atoms with Crippen LogP contribution in [0.3, 0.4) is 0 Å². The Kier molecular flexibility index (Phi) is 53.4. The average Bonchev–Trinajstić information content (AvgIpc) is 3.32. The molecule has 0 aromatic rings. The molecule has 0 radical (unpaired) electrons. The van der Waals surface area contributed by atoms with E-state index in [-0.39, 0.29) is 31.6 Å². The molecule has 66 heavy (non-hydrogen) atoms. The predicted molar refractivity (Wildman–Crippen MR) is 288 cm³/mol. The van der Waals surface area contributed by atoms with Crippen molar-refractivity contribution in [3.63, 3.8) is 0 Å². The van der Waals surface area contributed by atoms with Crippen molar-refractivity contribution < 1.29 is 23.8 Å². The third kappa shape index (κ3) is 53.4. The molecule has 378 valence electrons. The lowest BCUT2D eigenvalue weighted by atomic mass is 10.1. The highest BCUT2D eigenvalue weighted by molar-refractivity contribution is 5.71. The van der Waals surface area contributed by atoms with Crippen molar-refractivity contribution in [3.05, 3.63) is 97.2 Å². The maximum Gasteiger partial charge on any atom is 0.310 e. The van der Waals surface area contributed by atoms with E-state index in [2.05, 4.69) is 106 Å². The molecule has 0 aliphatic heterocycles. The standard InChI is InChI=1S/C61H104O5/c1-4-7-10-13-16-19-22-25-28-30-32-35-38-41-44-47-50-53-56-64-57-59(66-61(63)55-52-49-46-43-40-37-33-27-24-21-18-15-12-9-6-3)58-65-60(62)54-51-48-45-42-39-36-34-31-29-26-23-20-17-14-11-8-5-2/h9,12,16,18-19,21,25-29,33,40,43,49,52,59H,4-8,10-11,13-15,17,20,22-24,30-32,34-39,41-42,44-48,50-51,53-58H2,1-3H3/b12-9-,19-16-,21-18-,28-25-,29-26-,33-27-,43-40-,52-49-. The minimum atomic E-state index is -0.601. The van der Waals surface area contributed by atoms with Crippen LogP contribution in [-0.4, -0.2) is 37.9 Å². The van der Waals surface area contributed by atoms with E-state index < -0.39 is 6.10 Å². The van der Waals surface area contributed by atoms with Crippen molar-refractivity contribution in [1.82, 2.24) is 0 Å². The van der Waals surface area contributed by atoms with Gasteiger partial charge in [0.15, 0.2) is 6.10 Å². The number of ether oxygens (including phenoxy) is 3. The fourth-order valence-electron chi connectivity index (χ4n) is 7.49. The lowest BCUT2D eigenvalue weighted by Crippen LogP contribution is -2.29. The van der Waals surface area contributed by atoms with E-state index in [0.717, 1.165) is 70.6 Å². The molecule has 0 heterocycles. The number of allylic oxidation sites excluding steroid dienone is 15. The van der Waals surface area contributed by atoms with Crippen LogP contribution in [-0.2, 0) is 23.8 Å². The van der Waals surface area contributed by atoms with Gasteiger partial charge in [0, 0.05) is 13.0 Å². The van der Waals surface area contributed by atoms with Crippen molar-refractivity contribution >= 4 is 11.9 Å². The quantitative estimate of drug-likeness (QED) is 0.0346. The Morgan fingerprint density at radius 1 is 0.364 bits per heavy atom. The van der Waals surface area contributed by atoms with Crippen molar-refractivity contribution in [2.24, 2.45) is 0 Å². The first-order valence-electron chi connectivity index (χ1n) is 27.8. The molecular weight excluding hydrogens is 813 g/mol. The second-order valence-electron chi connectivity index (χ2n) is 18.1. The number of rotatable bonds is 50. The smallest absolute Gasteiger partial charge is 0.310 e. The molecule has 1 atom stereocenters. The van der Waals surface area contributed by atoms with Gasteiger partial charge in [0.1, 0.15) is 6.61 Å². The normalized spacial score (nSPS) is 13.0. The molecule has 0 aromatic heterocycles. The highest BCUT2D eigenvalue weighted by Crippen LogP contribution is 2.14. The van der Waals surface area contributed by atoms with Gasteiger partial charge in [0.05, 0.1) is 13.0 Å². The van der Waals surface area contributed by atoms with Crippen molar-refractivity contribution in [2.45, 2.75) is 258 Å². The first-order valence-corrected chi connectivity index (χ1v) is 27.8. The monoisotopic (exact) mass is 917 g/mol. The Labute approximate surface area is 409 Å². The zero-order valence-corrected chi connectivity index (χ0v) is 43.4. The van der Waals surface area contributed by atoms with Crippen molar-refractivity contribution in [1.29, 1.82) is 0 Å². The molecule has 0 fully saturated rings. The molecule has 0 aliphatic carbocycles. The van der Waals surface area contributed by atoms with E-state index in [4.69, 9.17) is 14.2 Å². The molecular formula is C61H104O5. The zero-order chi connectivity index (χ0) is 47.7. The summed E-state index contributed by atoms with van der Waals surface area (Å²) in [6.07, 6.45) is 75.9. The Balaban J connectivity index is 4.39. The lowest BCUT2D eigenvalue weighted by Gasteiger charge is -2.18. The maximum absolute atomic E-state index is 12.8. The number of esters is 2. The van der Waals surface area contributed by atoms with Crippen LogP contribution in [0.2, 0.25) is 0 Å². The second kappa shape index (κ2) is 56.1. The molecule has 0 amide bonds. The lowest BCUT2D eigenvalue weighted by molar-refractivity contribution is -0.162. The van der Waals surface area contributed by atoms with Crippen LogP contribution < -0.4 is 0 Å². The largest absolute Gasteiger partial charge is 0.462 e. The molecule has 0 aromatic carbocycles. The van der Waals surface area contributed by atoms with Gasteiger partial charge in [-0.05, 0) is 103 Å². The molecule has 0 aliphatic rings. The average molecular weight is 917 g/mol. The van der Waals surface area contributed by atoms with Gasteiger partial charge in [-0.15, -0.1) is 0 Å². The van der Waals surface area contributed by atoms with Gasteiger partial charge in [-0.1, -0.05) is 234 Å². The second-order valence-corrected chi connectivity index (χ2v) is 18.1. The third-order valence-electron chi connectivity index (χ3n) is 11.6. The SMILES string of the molecule is CC/C=C\C/C=C\C/C=C\C/C=C\C/C=C\CC(=O)OC(COCCCCCCCCCC/C=C\C/C=C\CCCCC)COC(=O)CCCCCCCCC/C=C\CCCCCCCC.